The normalized spacial score (nSPS) is 19.7. The van der Waals surface area contributed by atoms with Crippen molar-refractivity contribution >= 4 is 63.5 Å². The number of carboxylic acids is 1. The predicted octanol–water partition coefficient (Wildman–Crippen LogP) is 0.0675. The molecule has 12 nitrogen and oxygen atoms in total. The Kier molecular flexibility index (Phi) is 7.47. The number of anilines is 1. The highest BCUT2D eigenvalue weighted by molar-refractivity contribution is 8.01. The Morgan fingerprint density at radius 1 is 1.43 bits per heavy atom. The van der Waals surface area contributed by atoms with E-state index in [0.29, 0.717) is 17.1 Å². The monoisotopic (exact) mass is 536 g/mol. The molecule has 2 aliphatic rings. The number of amides is 2. The number of hydrogen-bond acceptors (Lipinski definition) is 11. The minimum atomic E-state index is -1.18. The van der Waals surface area contributed by atoms with Crippen molar-refractivity contribution in [3.8, 4) is 0 Å². The Balaban J connectivity index is 1.47. The molecule has 35 heavy (non-hydrogen) atoms. The number of nitrogen functional groups attached to an aromatic ring is 1. The van der Waals surface area contributed by atoms with Crippen LogP contribution in [-0.4, -0.2) is 75.6 Å². The number of aliphatic carboxylic acids is 1. The van der Waals surface area contributed by atoms with Gasteiger partial charge in [0.15, 0.2) is 10.8 Å². The van der Waals surface area contributed by atoms with Gasteiger partial charge in [0.2, 0.25) is 12.4 Å². The van der Waals surface area contributed by atoms with E-state index in [4.69, 9.17) is 10.6 Å². The zero-order valence-electron chi connectivity index (χ0n) is 18.6. The van der Waals surface area contributed by atoms with Crippen LogP contribution >= 0.6 is 34.9 Å². The van der Waals surface area contributed by atoms with Crippen molar-refractivity contribution in [2.24, 2.45) is 5.16 Å². The molecule has 2 aromatic rings. The molecule has 184 valence electrons. The Morgan fingerprint density at radius 3 is 2.77 bits per heavy atom. The van der Waals surface area contributed by atoms with Crippen LogP contribution in [0.5, 0.6) is 0 Å². The van der Waals surface area contributed by atoms with E-state index in [0.717, 1.165) is 16.2 Å². The predicted molar refractivity (Wildman–Crippen MR) is 132 cm³/mol. The summed E-state index contributed by atoms with van der Waals surface area (Å²) in [6.45, 7) is 0. The molecule has 0 radical (unpaired) electrons. The number of aromatic nitrogens is 2. The molecule has 2 amide bonds. The fourth-order valence-electron chi connectivity index (χ4n) is 3.52. The van der Waals surface area contributed by atoms with E-state index in [1.54, 1.807) is 17.1 Å². The summed E-state index contributed by atoms with van der Waals surface area (Å²) in [7, 11) is 3.08. The molecule has 1 fully saturated rings. The first kappa shape index (κ1) is 24.8. The molecule has 1 saturated heterocycles. The van der Waals surface area contributed by atoms with Crippen LogP contribution in [0.4, 0.5) is 5.13 Å². The van der Waals surface area contributed by atoms with Gasteiger partial charge in [0.25, 0.3) is 11.8 Å². The molecule has 2 aromatic heterocycles. The second kappa shape index (κ2) is 10.5. The highest BCUT2D eigenvalue weighted by Gasteiger charge is 2.54. The second-order valence-electron chi connectivity index (χ2n) is 7.27. The highest BCUT2D eigenvalue weighted by atomic mass is 32.2. The largest absolute Gasteiger partial charge is 0.477 e. The van der Waals surface area contributed by atoms with Gasteiger partial charge in [-0.3, -0.25) is 14.5 Å². The van der Waals surface area contributed by atoms with E-state index in [9.17, 15) is 19.5 Å². The first-order valence-electron chi connectivity index (χ1n) is 10.2. The molecule has 0 bridgehead atoms. The van der Waals surface area contributed by atoms with Crippen LogP contribution in [0.15, 0.2) is 51.2 Å². The summed E-state index contributed by atoms with van der Waals surface area (Å²) in [5.41, 5.74) is 9.32. The van der Waals surface area contributed by atoms with Crippen molar-refractivity contribution in [2.75, 3.05) is 36.8 Å². The summed E-state index contributed by atoms with van der Waals surface area (Å²) >= 11 is 4.02. The quantitative estimate of drug-likeness (QED) is 0.113. The lowest BCUT2D eigenvalue weighted by molar-refractivity contribution is -0.647. The Hall–Kier alpha value is -3.30. The summed E-state index contributed by atoms with van der Waals surface area (Å²) in [4.78, 5) is 48.8. The van der Waals surface area contributed by atoms with E-state index >= 15 is 0 Å². The van der Waals surface area contributed by atoms with Gasteiger partial charge < -0.3 is 21.0 Å². The number of nitrogens with zero attached hydrogens (tertiary/aromatic N) is 4. The maximum Gasteiger partial charge on any atom is 0.352 e. The van der Waals surface area contributed by atoms with E-state index in [-0.39, 0.29) is 22.2 Å². The van der Waals surface area contributed by atoms with Gasteiger partial charge in [0.05, 0.1) is 7.05 Å². The lowest BCUT2D eigenvalue weighted by Crippen LogP contribution is -2.71. The minimum Gasteiger partial charge on any atom is -0.477 e. The molecule has 0 aliphatic carbocycles. The van der Waals surface area contributed by atoms with Crippen LogP contribution in [0.2, 0.25) is 0 Å². The van der Waals surface area contributed by atoms with Crippen LogP contribution in [-0.2, 0) is 19.2 Å². The number of β-lactam (4-membered cyclic amide) rings is 1. The minimum absolute atomic E-state index is 0.0315. The maximum atomic E-state index is 12.9. The van der Waals surface area contributed by atoms with Gasteiger partial charge in [-0.2, -0.15) is 5.43 Å². The number of thioether (sulfide) groups is 2. The average molecular weight is 537 g/mol. The van der Waals surface area contributed by atoms with Crippen LogP contribution < -0.4 is 21.2 Å². The summed E-state index contributed by atoms with van der Waals surface area (Å²) in [5, 5.41) is 17.5. The standard InChI is InChI=1S/C20H21N7O5S3/c1-22-26-5-3-11(4-6-26)33-7-10-8-34-18-14(17(29)27(18)15(10)19(30)31)24-16(28)13(25-32-2)12-9-35-20(21)23-12/h3-6,9,14,18,22H,7-8H2,1-2H3,(H3-,21,23,24,28,30,31)/p+1/t14-,18-/m1/s1. The highest BCUT2D eigenvalue weighted by Crippen LogP contribution is 2.41. The lowest BCUT2D eigenvalue weighted by atomic mass is 10.0. The molecule has 0 unspecified atom stereocenters. The third kappa shape index (κ3) is 5.06. The topological polar surface area (TPSA) is 163 Å². The van der Waals surface area contributed by atoms with E-state index < -0.39 is 29.2 Å². The van der Waals surface area contributed by atoms with Gasteiger partial charge in [-0.1, -0.05) is 9.83 Å². The molecule has 2 aliphatic heterocycles. The summed E-state index contributed by atoms with van der Waals surface area (Å²) in [6, 6.07) is 2.92. The first-order valence-corrected chi connectivity index (χ1v) is 13.1. The number of carbonyl (C=O) groups is 3. The molecule has 4 heterocycles. The molecular weight excluding hydrogens is 514 g/mol. The van der Waals surface area contributed by atoms with Gasteiger partial charge in [-0.15, -0.1) is 34.9 Å². The maximum absolute atomic E-state index is 12.9. The summed E-state index contributed by atoms with van der Waals surface area (Å²) < 4.78 is 1.78. The molecule has 4 rings (SSSR count). The van der Waals surface area contributed by atoms with Crippen molar-refractivity contribution in [3.05, 3.63) is 46.9 Å². The number of nitrogens with two attached hydrogens (primary N) is 1. The number of hydrogen-bond donors (Lipinski definition) is 4. The van der Waals surface area contributed by atoms with Crippen LogP contribution in [0.25, 0.3) is 0 Å². The zero-order chi connectivity index (χ0) is 25.1. The molecular formula is C20H22N7O5S3+. The number of thiazole rings is 1. The van der Waals surface area contributed by atoms with Crippen molar-refractivity contribution in [3.63, 3.8) is 0 Å². The van der Waals surface area contributed by atoms with Crippen LogP contribution in [0, 0.1) is 0 Å². The molecule has 0 aromatic carbocycles. The van der Waals surface area contributed by atoms with Gasteiger partial charge in [0.1, 0.15) is 29.9 Å². The number of rotatable bonds is 9. The van der Waals surface area contributed by atoms with E-state index in [2.05, 4.69) is 20.9 Å². The number of fused-ring (bicyclic) bond motifs is 1. The van der Waals surface area contributed by atoms with Gasteiger partial charge in [-0.05, 0) is 5.57 Å². The van der Waals surface area contributed by atoms with Gasteiger partial charge >= 0.3 is 5.97 Å². The third-order valence-electron chi connectivity index (χ3n) is 5.17. The number of nitrogens with one attached hydrogen (secondary N) is 2. The Labute approximate surface area is 212 Å². The fraction of sp³-hybridized carbons (Fsp3) is 0.300. The van der Waals surface area contributed by atoms with Gasteiger partial charge in [0, 0.05) is 33.9 Å². The number of oxime groups is 1. The second-order valence-corrected chi connectivity index (χ2v) is 10.3. The number of carbonyl (C=O) groups excluding carboxylic acids is 2. The van der Waals surface area contributed by atoms with Gasteiger partial charge in [-0.25, -0.2) is 9.78 Å². The van der Waals surface area contributed by atoms with Crippen molar-refractivity contribution in [1.82, 2.24) is 15.2 Å². The Bertz CT molecular complexity index is 1210. The SMILES string of the molecule is CN[n+]1ccc(SCC2=C(C(=O)O)N3C(=O)[C@@H](NC(=O)C(=NOC)c4csc(N)n4)[C@H]3SC2)cc1. The van der Waals surface area contributed by atoms with Crippen molar-refractivity contribution in [2.45, 2.75) is 16.3 Å². The van der Waals surface area contributed by atoms with E-state index in [1.807, 2.05) is 24.5 Å². The molecule has 0 spiro atoms. The van der Waals surface area contributed by atoms with Crippen molar-refractivity contribution in [1.29, 1.82) is 0 Å². The van der Waals surface area contributed by atoms with E-state index in [1.165, 1.54) is 35.5 Å². The zero-order valence-corrected chi connectivity index (χ0v) is 21.1. The molecule has 5 N–H and O–H groups in total. The number of carboxylic acid groups (broad SMARTS) is 1. The Morgan fingerprint density at radius 2 is 2.17 bits per heavy atom. The molecule has 2 atom stereocenters. The first-order chi connectivity index (χ1) is 16.8. The summed E-state index contributed by atoms with van der Waals surface area (Å²) in [6.07, 6.45) is 3.71. The average Bonchev–Trinajstić information content (AvgIpc) is 3.29. The van der Waals surface area contributed by atoms with Crippen LogP contribution in [0.3, 0.4) is 0 Å². The summed E-state index contributed by atoms with van der Waals surface area (Å²) in [5.74, 6) is -1.51. The molecule has 15 heteroatoms. The van der Waals surface area contributed by atoms with Crippen molar-refractivity contribution < 1.29 is 29.0 Å². The fourth-order valence-corrected chi connectivity index (χ4v) is 6.44. The third-order valence-corrected chi connectivity index (χ3v) is 8.28. The number of pyridine rings is 1. The smallest absolute Gasteiger partial charge is 0.352 e. The lowest BCUT2D eigenvalue weighted by Gasteiger charge is -2.49. The molecule has 0 saturated carbocycles. The van der Waals surface area contributed by atoms with Crippen LogP contribution in [0.1, 0.15) is 5.69 Å².